The first-order chi connectivity index (χ1) is 28.6. The molecule has 2 heterocycles. The van der Waals surface area contributed by atoms with E-state index in [9.17, 15) is 19.1 Å². The SMILES string of the molecule is CO/C(C)=C(/C(=O)O)c1ccccc1Oc1cc(Oc2ccccc2F)ncn1.CO/C=C(/C(=O)OC)c1ccccc1Oc1cc(Oc2ccccc2NS)ncn1. The normalized spacial score (nSPS) is 11.1. The topological polar surface area (TPSA) is 183 Å². The van der Waals surface area contributed by atoms with Crippen molar-refractivity contribution in [3.63, 3.8) is 0 Å². The average Bonchev–Trinajstić information content (AvgIpc) is 3.25. The number of aliphatic carboxylic acids is 1. The minimum Gasteiger partial charge on any atom is -0.503 e. The van der Waals surface area contributed by atoms with Crippen LogP contribution in [0.25, 0.3) is 11.1 Å². The van der Waals surface area contributed by atoms with E-state index in [0.717, 1.165) is 0 Å². The van der Waals surface area contributed by atoms with E-state index in [4.69, 9.17) is 33.2 Å². The van der Waals surface area contributed by atoms with Crippen molar-refractivity contribution in [3.8, 4) is 46.5 Å². The van der Waals surface area contributed by atoms with Gasteiger partial charge in [-0.1, -0.05) is 73.5 Å². The number of hydrogen-bond donors (Lipinski definition) is 3. The fraction of sp³-hybridized carbons (Fsp3) is 0.0952. The highest BCUT2D eigenvalue weighted by Gasteiger charge is 2.21. The first-order valence-electron chi connectivity index (χ1n) is 17.2. The Hall–Kier alpha value is -7.66. The number of carbonyl (C=O) groups is 2. The van der Waals surface area contributed by atoms with Gasteiger partial charge in [-0.3, -0.25) is 0 Å². The number of carboxylic acid groups (broad SMARTS) is 1. The number of para-hydroxylation sites is 5. The van der Waals surface area contributed by atoms with Crippen LogP contribution >= 0.6 is 12.8 Å². The summed E-state index contributed by atoms with van der Waals surface area (Å²) in [4.78, 5) is 40.0. The first kappa shape index (κ1) is 42.5. The van der Waals surface area contributed by atoms with E-state index < -0.39 is 17.8 Å². The number of esters is 1. The second-order valence-electron chi connectivity index (χ2n) is 11.5. The molecule has 0 unspecified atom stereocenters. The number of halogens is 1. The number of carboxylic acids is 1. The van der Waals surface area contributed by atoms with E-state index in [2.05, 4.69) is 37.5 Å². The van der Waals surface area contributed by atoms with Crippen molar-refractivity contribution in [2.24, 2.45) is 0 Å². The highest BCUT2D eigenvalue weighted by Crippen LogP contribution is 2.35. The monoisotopic (exact) mass is 821 g/mol. The largest absolute Gasteiger partial charge is 0.503 e. The molecule has 59 heavy (non-hydrogen) atoms. The number of anilines is 1. The molecule has 0 bridgehead atoms. The van der Waals surface area contributed by atoms with Crippen molar-refractivity contribution in [3.05, 3.63) is 151 Å². The number of ether oxygens (including phenoxy) is 7. The van der Waals surface area contributed by atoms with Crippen LogP contribution < -0.4 is 23.7 Å². The molecule has 4 aromatic carbocycles. The number of hydrogen-bond acceptors (Lipinski definition) is 15. The average molecular weight is 822 g/mol. The van der Waals surface area contributed by atoms with Gasteiger partial charge in [0.25, 0.3) is 0 Å². The highest BCUT2D eigenvalue weighted by molar-refractivity contribution is 7.81. The van der Waals surface area contributed by atoms with Crippen LogP contribution in [0.2, 0.25) is 0 Å². The van der Waals surface area contributed by atoms with Crippen LogP contribution in [0.15, 0.2) is 134 Å². The Labute approximate surface area is 343 Å². The summed E-state index contributed by atoms with van der Waals surface area (Å²) in [6.45, 7) is 1.55. The van der Waals surface area contributed by atoms with E-state index in [0.29, 0.717) is 28.3 Å². The van der Waals surface area contributed by atoms with Gasteiger partial charge in [-0.15, -0.1) is 0 Å². The zero-order valence-electron chi connectivity index (χ0n) is 31.9. The van der Waals surface area contributed by atoms with Crippen molar-refractivity contribution in [2.45, 2.75) is 6.92 Å². The van der Waals surface area contributed by atoms with Gasteiger partial charge in [0, 0.05) is 11.1 Å². The minimum absolute atomic E-state index is 0.00404. The van der Waals surface area contributed by atoms with Crippen LogP contribution in [0, 0.1) is 5.82 Å². The summed E-state index contributed by atoms with van der Waals surface area (Å²) >= 11 is 4.06. The maximum Gasteiger partial charge on any atom is 0.341 e. The van der Waals surface area contributed by atoms with Gasteiger partial charge in [0.05, 0.1) is 45.4 Å². The van der Waals surface area contributed by atoms with Crippen molar-refractivity contribution >= 4 is 41.6 Å². The van der Waals surface area contributed by atoms with Crippen LogP contribution in [0.5, 0.6) is 46.5 Å². The zero-order valence-corrected chi connectivity index (χ0v) is 32.8. The number of rotatable bonds is 15. The molecule has 302 valence electrons. The van der Waals surface area contributed by atoms with Gasteiger partial charge in [-0.25, -0.2) is 33.9 Å². The van der Waals surface area contributed by atoms with Gasteiger partial charge in [-0.05, 0) is 43.3 Å². The van der Waals surface area contributed by atoms with Crippen LogP contribution in [-0.2, 0) is 23.8 Å². The number of carbonyl (C=O) groups excluding carboxylic acids is 1. The molecule has 6 rings (SSSR count). The molecule has 0 atom stereocenters. The third-order valence-electron chi connectivity index (χ3n) is 7.78. The lowest BCUT2D eigenvalue weighted by Crippen LogP contribution is -2.06. The highest BCUT2D eigenvalue weighted by atomic mass is 32.1. The molecule has 0 aliphatic rings. The number of benzene rings is 4. The smallest absolute Gasteiger partial charge is 0.341 e. The zero-order chi connectivity index (χ0) is 42.1. The maximum absolute atomic E-state index is 13.8. The second kappa shape index (κ2) is 21.0. The van der Waals surface area contributed by atoms with Crippen LogP contribution in [0.4, 0.5) is 10.1 Å². The predicted molar refractivity (Wildman–Crippen MR) is 217 cm³/mol. The van der Waals surface area contributed by atoms with Crippen LogP contribution in [-0.4, -0.2) is 58.3 Å². The Bertz CT molecular complexity index is 2470. The van der Waals surface area contributed by atoms with Gasteiger partial charge in [-0.2, -0.15) is 0 Å². The first-order valence-corrected chi connectivity index (χ1v) is 17.7. The summed E-state index contributed by atoms with van der Waals surface area (Å²) < 4.78 is 54.4. The van der Waals surface area contributed by atoms with E-state index in [1.165, 1.54) is 64.5 Å². The van der Waals surface area contributed by atoms with Crippen LogP contribution in [0.3, 0.4) is 0 Å². The molecule has 2 N–H and O–H groups in total. The molecule has 17 heteroatoms. The van der Waals surface area contributed by atoms with Crippen molar-refractivity contribution in [1.29, 1.82) is 0 Å². The number of nitrogens with zero attached hydrogens (tertiary/aromatic N) is 4. The number of allylic oxidation sites excluding steroid dienone is 1. The van der Waals surface area contributed by atoms with Gasteiger partial charge < -0.3 is 43.0 Å². The lowest BCUT2D eigenvalue weighted by Gasteiger charge is -2.13. The van der Waals surface area contributed by atoms with Gasteiger partial charge in [0.15, 0.2) is 17.3 Å². The molecule has 2 aromatic heterocycles. The van der Waals surface area contributed by atoms with E-state index in [-0.39, 0.29) is 51.9 Å². The molecule has 0 radical (unpaired) electrons. The summed E-state index contributed by atoms with van der Waals surface area (Å²) in [7, 11) is 4.12. The molecule has 0 fully saturated rings. The summed E-state index contributed by atoms with van der Waals surface area (Å²) in [6.07, 6.45) is 3.81. The molecule has 6 aromatic rings. The Kier molecular flexibility index (Phi) is 15.1. The van der Waals surface area contributed by atoms with Gasteiger partial charge in [0.1, 0.15) is 41.1 Å². The number of nitrogens with one attached hydrogen (secondary N) is 1. The molecular formula is C42H36FN5O10S. The fourth-order valence-electron chi connectivity index (χ4n) is 5.04. The van der Waals surface area contributed by atoms with E-state index in [1.54, 1.807) is 73.7 Å². The summed E-state index contributed by atoms with van der Waals surface area (Å²) in [5.74, 6) is -0.201. The van der Waals surface area contributed by atoms with Crippen molar-refractivity contribution in [2.75, 3.05) is 26.1 Å². The minimum atomic E-state index is -1.16. The summed E-state index contributed by atoms with van der Waals surface area (Å²) in [5, 5.41) is 9.58. The fourth-order valence-corrected chi connectivity index (χ4v) is 5.23. The molecule has 0 amide bonds. The number of aromatic nitrogens is 4. The maximum atomic E-state index is 13.8. The Balaban J connectivity index is 0.000000224. The summed E-state index contributed by atoms with van der Waals surface area (Å²) in [6, 6.07) is 29.6. The number of methoxy groups -OCH3 is 3. The Morgan fingerprint density at radius 1 is 0.644 bits per heavy atom. The third-order valence-corrected chi connectivity index (χ3v) is 8.02. The van der Waals surface area contributed by atoms with E-state index in [1.807, 2.05) is 18.2 Å². The Morgan fingerprint density at radius 2 is 1.10 bits per heavy atom. The molecule has 15 nitrogen and oxygen atoms in total. The predicted octanol–water partition coefficient (Wildman–Crippen LogP) is 9.14. The quantitative estimate of drug-likeness (QED) is 0.0386. The standard InChI is InChI=1S/C21H17FN2O5.C21H19N3O5S/c1-13(27-2)20(21(25)26)14-7-3-5-9-16(14)28-18-11-19(24-12-23-18)29-17-10-6-4-8-15(17)22;1-26-12-15(21(25)27-2)14-7-3-5-9-17(14)28-19-11-20(23-13-22-19)29-18-10-6-4-8-16(18)24-30/h3-12H,1-2H3,(H,25,26);3-13,24,30H,1-2H3/b20-13+;15-12+. The van der Waals surface area contributed by atoms with Crippen molar-refractivity contribution in [1.82, 2.24) is 19.9 Å². The third kappa shape index (κ3) is 11.5. The van der Waals surface area contributed by atoms with Crippen LogP contribution in [0.1, 0.15) is 18.1 Å². The molecule has 0 spiro atoms. The van der Waals surface area contributed by atoms with Gasteiger partial charge >= 0.3 is 11.9 Å². The van der Waals surface area contributed by atoms with E-state index >= 15 is 0 Å². The van der Waals surface area contributed by atoms with Crippen molar-refractivity contribution < 1.29 is 52.2 Å². The number of thiol groups is 1. The molecule has 0 aliphatic heterocycles. The van der Waals surface area contributed by atoms with Gasteiger partial charge in [0.2, 0.25) is 23.5 Å². The lowest BCUT2D eigenvalue weighted by atomic mass is 10.0. The molecule has 0 saturated heterocycles. The Morgan fingerprint density at radius 3 is 1.61 bits per heavy atom. The molecular weight excluding hydrogens is 786 g/mol. The summed E-state index contributed by atoms with van der Waals surface area (Å²) in [5.41, 5.74) is 1.64. The second-order valence-corrected chi connectivity index (χ2v) is 11.8. The molecule has 0 aliphatic carbocycles. The molecule has 0 saturated carbocycles. The lowest BCUT2D eigenvalue weighted by molar-refractivity contribution is -0.134.